The number of carbonyl (C=O) groups is 3. The highest BCUT2D eigenvalue weighted by Crippen LogP contribution is 2.41. The minimum atomic E-state index is -4.67. The maximum atomic E-state index is 13.6. The molecule has 31 heavy (non-hydrogen) atoms. The smallest absolute Gasteiger partial charge is 0.345 e. The van der Waals surface area contributed by atoms with Gasteiger partial charge in [-0.1, -0.05) is 24.3 Å². The molecule has 4 amide bonds. The summed E-state index contributed by atoms with van der Waals surface area (Å²) >= 11 is 0. The molecular formula is C21H23F3N4O3. The van der Waals surface area contributed by atoms with Gasteiger partial charge >= 0.3 is 12.2 Å². The molecule has 0 bridgehead atoms. The summed E-state index contributed by atoms with van der Waals surface area (Å²) in [5.74, 6) is -0.888. The summed E-state index contributed by atoms with van der Waals surface area (Å²) in [4.78, 5) is 42.2. The van der Waals surface area contributed by atoms with Gasteiger partial charge in [0.05, 0.1) is 29.4 Å². The van der Waals surface area contributed by atoms with E-state index in [1.807, 2.05) is 0 Å². The van der Waals surface area contributed by atoms with E-state index in [-0.39, 0.29) is 42.4 Å². The lowest BCUT2D eigenvalue weighted by molar-refractivity contribution is -0.138. The van der Waals surface area contributed by atoms with Crippen LogP contribution in [0.5, 0.6) is 0 Å². The van der Waals surface area contributed by atoms with Gasteiger partial charge in [0.1, 0.15) is 6.54 Å². The molecule has 1 atom stereocenters. The quantitative estimate of drug-likeness (QED) is 0.697. The van der Waals surface area contributed by atoms with Crippen LogP contribution >= 0.6 is 0 Å². The van der Waals surface area contributed by atoms with Crippen molar-refractivity contribution in [2.24, 2.45) is 0 Å². The molecule has 0 radical (unpaired) electrons. The first-order valence-electron chi connectivity index (χ1n) is 9.71. The summed E-state index contributed by atoms with van der Waals surface area (Å²) in [5, 5.41) is 2.53. The molecule has 7 nitrogen and oxygen atoms in total. The molecule has 1 N–H and O–H groups in total. The number of nitrogens with zero attached hydrogens (tertiary/aromatic N) is 3. The Morgan fingerprint density at radius 3 is 2.61 bits per heavy atom. The number of likely N-dealkylation sites (N-methyl/N-ethyl adjacent to an activating group) is 1. The molecular weight excluding hydrogens is 413 g/mol. The van der Waals surface area contributed by atoms with E-state index < -0.39 is 29.7 Å². The normalized spacial score (nSPS) is 18.8. The topological polar surface area (TPSA) is 73.0 Å². The van der Waals surface area contributed by atoms with E-state index in [1.165, 1.54) is 39.0 Å². The molecule has 0 spiro atoms. The van der Waals surface area contributed by atoms with Gasteiger partial charge in [0.2, 0.25) is 5.91 Å². The third-order valence-electron chi connectivity index (χ3n) is 5.41. The van der Waals surface area contributed by atoms with Crippen molar-refractivity contribution in [2.45, 2.75) is 19.1 Å². The molecule has 0 saturated heterocycles. The second-order valence-corrected chi connectivity index (χ2v) is 7.30. The highest BCUT2D eigenvalue weighted by atomic mass is 19.4. The van der Waals surface area contributed by atoms with Crippen molar-refractivity contribution in [3.63, 3.8) is 0 Å². The first-order valence-corrected chi connectivity index (χ1v) is 9.71. The zero-order valence-corrected chi connectivity index (χ0v) is 17.2. The highest BCUT2D eigenvalue weighted by molar-refractivity contribution is 6.03. The van der Waals surface area contributed by atoms with Crippen LogP contribution in [0.4, 0.5) is 18.0 Å². The Morgan fingerprint density at radius 1 is 1.32 bits per heavy atom. The van der Waals surface area contributed by atoms with Gasteiger partial charge in [0, 0.05) is 20.1 Å². The van der Waals surface area contributed by atoms with Gasteiger partial charge in [-0.3, -0.25) is 14.5 Å². The molecule has 0 saturated carbocycles. The monoisotopic (exact) mass is 436 g/mol. The van der Waals surface area contributed by atoms with Crippen molar-refractivity contribution < 1.29 is 27.6 Å². The van der Waals surface area contributed by atoms with Gasteiger partial charge in [0.15, 0.2) is 0 Å². The summed E-state index contributed by atoms with van der Waals surface area (Å²) in [6, 6.07) is 2.91. The van der Waals surface area contributed by atoms with E-state index in [0.29, 0.717) is 6.54 Å². The number of benzene rings is 1. The Morgan fingerprint density at radius 2 is 2.00 bits per heavy atom. The van der Waals surface area contributed by atoms with Crippen LogP contribution in [0.3, 0.4) is 0 Å². The predicted molar refractivity (Wildman–Crippen MR) is 107 cm³/mol. The minimum absolute atomic E-state index is 0.0325. The predicted octanol–water partition coefficient (Wildman–Crippen LogP) is 2.53. The number of rotatable bonds is 6. The molecule has 1 aromatic rings. The molecule has 0 aliphatic carbocycles. The molecule has 2 heterocycles. The number of carbonyl (C=O) groups excluding carboxylic acids is 3. The fraction of sp³-hybridized carbons (Fsp3) is 0.381. The van der Waals surface area contributed by atoms with E-state index in [4.69, 9.17) is 0 Å². The van der Waals surface area contributed by atoms with Crippen molar-refractivity contribution in [3.8, 4) is 0 Å². The summed E-state index contributed by atoms with van der Waals surface area (Å²) in [7, 11) is 1.59. The third-order valence-corrected chi connectivity index (χ3v) is 5.41. The number of amides is 4. The van der Waals surface area contributed by atoms with Gasteiger partial charge in [-0.15, -0.1) is 6.58 Å². The summed E-state index contributed by atoms with van der Waals surface area (Å²) in [5.41, 5.74) is -0.841. The van der Waals surface area contributed by atoms with E-state index in [9.17, 15) is 27.6 Å². The molecule has 166 valence electrons. The maximum absolute atomic E-state index is 13.6. The molecule has 1 unspecified atom stereocenters. The van der Waals surface area contributed by atoms with Crippen LogP contribution in [0.25, 0.3) is 0 Å². The standard InChI is InChI=1S/C21H23F3N4O3/c1-4-10-28-15-11-27(12-16(29)26(3)5-2)19(30)17(15)18(25-20(28)31)13-8-6-7-9-14(13)21(22,23)24/h4,6-9,18H,1,5,10-12H2,2-3H3,(H,25,31). The van der Waals surface area contributed by atoms with Crippen molar-refractivity contribution in [2.75, 3.05) is 33.2 Å². The average molecular weight is 436 g/mol. The van der Waals surface area contributed by atoms with Gasteiger partial charge < -0.3 is 15.1 Å². The molecule has 1 aromatic carbocycles. The fourth-order valence-corrected chi connectivity index (χ4v) is 3.70. The van der Waals surface area contributed by atoms with Crippen molar-refractivity contribution in [3.05, 3.63) is 59.3 Å². The van der Waals surface area contributed by atoms with Crippen LogP contribution in [0, 0.1) is 0 Å². The number of hydrogen-bond donors (Lipinski definition) is 1. The summed E-state index contributed by atoms with van der Waals surface area (Å²) in [6.07, 6.45) is -3.21. The van der Waals surface area contributed by atoms with Crippen molar-refractivity contribution >= 4 is 17.8 Å². The lowest BCUT2D eigenvalue weighted by Gasteiger charge is -2.33. The summed E-state index contributed by atoms with van der Waals surface area (Å²) in [6.45, 7) is 5.60. The number of alkyl halides is 3. The SMILES string of the molecule is C=CCN1C(=O)NC(c2ccccc2C(F)(F)F)C2=C1CN(CC(=O)N(C)CC)C2=O. The van der Waals surface area contributed by atoms with Gasteiger partial charge in [-0.2, -0.15) is 13.2 Å². The lowest BCUT2D eigenvalue weighted by atomic mass is 9.91. The van der Waals surface area contributed by atoms with Gasteiger partial charge in [-0.05, 0) is 18.6 Å². The molecule has 2 aliphatic heterocycles. The fourth-order valence-electron chi connectivity index (χ4n) is 3.70. The van der Waals surface area contributed by atoms with Gasteiger partial charge in [-0.25, -0.2) is 4.79 Å². The average Bonchev–Trinajstić information content (AvgIpc) is 3.04. The van der Waals surface area contributed by atoms with E-state index in [2.05, 4.69) is 11.9 Å². The van der Waals surface area contributed by atoms with Crippen LogP contribution in [0.1, 0.15) is 24.1 Å². The minimum Gasteiger partial charge on any atom is -0.345 e. The van der Waals surface area contributed by atoms with Crippen LogP contribution in [0.2, 0.25) is 0 Å². The van der Waals surface area contributed by atoms with Crippen molar-refractivity contribution in [1.82, 2.24) is 20.0 Å². The summed E-state index contributed by atoms with van der Waals surface area (Å²) < 4.78 is 40.9. The Labute approximate surface area is 177 Å². The molecule has 2 aliphatic rings. The maximum Gasteiger partial charge on any atom is 0.416 e. The second kappa shape index (κ2) is 8.44. The molecule has 0 fully saturated rings. The third kappa shape index (κ3) is 4.14. The second-order valence-electron chi connectivity index (χ2n) is 7.30. The Kier molecular flexibility index (Phi) is 6.10. The van der Waals surface area contributed by atoms with E-state index in [0.717, 1.165) is 6.07 Å². The zero-order valence-electron chi connectivity index (χ0n) is 17.2. The number of urea groups is 1. The van der Waals surface area contributed by atoms with Crippen LogP contribution in [-0.2, 0) is 15.8 Å². The molecule has 10 heteroatoms. The number of halogens is 3. The van der Waals surface area contributed by atoms with Crippen LogP contribution in [-0.4, -0.2) is 65.8 Å². The Hall–Kier alpha value is -3.30. The Balaban J connectivity index is 2.06. The first kappa shape index (κ1) is 22.4. The number of nitrogens with one attached hydrogen (secondary N) is 1. The largest absolute Gasteiger partial charge is 0.416 e. The zero-order chi connectivity index (χ0) is 22.9. The van der Waals surface area contributed by atoms with Gasteiger partial charge in [0.25, 0.3) is 5.91 Å². The number of hydrogen-bond acceptors (Lipinski definition) is 3. The van der Waals surface area contributed by atoms with Crippen LogP contribution in [0.15, 0.2) is 48.2 Å². The first-order chi connectivity index (χ1) is 14.6. The molecule has 0 aromatic heterocycles. The Bertz CT molecular complexity index is 957. The van der Waals surface area contributed by atoms with Crippen LogP contribution < -0.4 is 5.32 Å². The van der Waals surface area contributed by atoms with E-state index in [1.54, 1.807) is 14.0 Å². The molecule has 3 rings (SSSR count). The van der Waals surface area contributed by atoms with E-state index >= 15 is 0 Å². The van der Waals surface area contributed by atoms with Crippen molar-refractivity contribution in [1.29, 1.82) is 0 Å². The lowest BCUT2D eigenvalue weighted by Crippen LogP contribution is -2.47. The highest BCUT2D eigenvalue weighted by Gasteiger charge is 2.46.